The van der Waals surface area contributed by atoms with Crippen LogP contribution in [0.3, 0.4) is 0 Å². The first-order valence-electron chi connectivity index (χ1n) is 8.70. The normalized spacial score (nSPS) is 33.0. The highest BCUT2D eigenvalue weighted by Gasteiger charge is 2.49. The Morgan fingerprint density at radius 1 is 1.16 bits per heavy atom. The second-order valence-corrected chi connectivity index (χ2v) is 9.86. The largest absolute Gasteiger partial charge is 0.444 e. The molecule has 3 rings (SSSR count). The van der Waals surface area contributed by atoms with Gasteiger partial charge in [-0.3, -0.25) is 4.79 Å². The van der Waals surface area contributed by atoms with Crippen molar-refractivity contribution in [3.05, 3.63) is 0 Å². The summed E-state index contributed by atoms with van der Waals surface area (Å²) in [7, 11) is -4.71. The molecule has 0 aliphatic carbocycles. The fourth-order valence-electron chi connectivity index (χ4n) is 4.25. The van der Waals surface area contributed by atoms with Crippen LogP contribution in [-0.2, 0) is 19.8 Å². The summed E-state index contributed by atoms with van der Waals surface area (Å²) in [4.78, 5) is 27.9. The minimum absolute atomic E-state index is 0.0209. The lowest BCUT2D eigenvalue weighted by Gasteiger charge is -2.42. The molecular formula is C16H25FN2O5S. The van der Waals surface area contributed by atoms with Crippen molar-refractivity contribution in [1.29, 1.82) is 0 Å². The van der Waals surface area contributed by atoms with Crippen LogP contribution in [0.2, 0.25) is 0 Å². The van der Waals surface area contributed by atoms with Gasteiger partial charge in [0.15, 0.2) is 0 Å². The molecule has 0 aromatic carbocycles. The molecule has 0 saturated carbocycles. The number of nitrogens with zero attached hydrogens (tertiary/aromatic N) is 2. The van der Waals surface area contributed by atoms with Gasteiger partial charge in [-0.15, -0.1) is 3.89 Å². The molecule has 25 heavy (non-hydrogen) atoms. The lowest BCUT2D eigenvalue weighted by atomic mass is 9.96. The number of rotatable bonds is 2. The minimum atomic E-state index is -4.71. The van der Waals surface area contributed by atoms with Crippen LogP contribution in [0.15, 0.2) is 0 Å². The van der Waals surface area contributed by atoms with E-state index in [4.69, 9.17) is 4.74 Å². The molecule has 0 aromatic rings. The molecule has 0 N–H and O–H groups in total. The summed E-state index contributed by atoms with van der Waals surface area (Å²) in [6, 6.07) is -0.185. The Labute approximate surface area is 147 Å². The zero-order valence-corrected chi connectivity index (χ0v) is 15.6. The Bertz CT molecular complexity index is 661. The molecule has 3 saturated heterocycles. The summed E-state index contributed by atoms with van der Waals surface area (Å²) in [5, 5.41) is -1.26. The van der Waals surface area contributed by atoms with Crippen molar-refractivity contribution < 1.29 is 26.6 Å². The molecule has 0 aromatic heterocycles. The van der Waals surface area contributed by atoms with E-state index < -0.39 is 21.1 Å². The van der Waals surface area contributed by atoms with E-state index in [0.717, 1.165) is 12.8 Å². The van der Waals surface area contributed by atoms with E-state index in [1.54, 1.807) is 4.90 Å². The summed E-state index contributed by atoms with van der Waals surface area (Å²) in [6.07, 6.45) is 2.22. The Morgan fingerprint density at radius 3 is 2.16 bits per heavy atom. The fourth-order valence-corrected chi connectivity index (χ4v) is 4.93. The molecule has 3 aliphatic rings. The maximum absolute atomic E-state index is 13.2. The van der Waals surface area contributed by atoms with Gasteiger partial charge in [-0.05, 0) is 46.5 Å². The third-order valence-electron chi connectivity index (χ3n) is 5.27. The zero-order chi connectivity index (χ0) is 18.6. The van der Waals surface area contributed by atoms with Gasteiger partial charge in [0.25, 0.3) is 0 Å². The van der Waals surface area contributed by atoms with Crippen molar-refractivity contribution in [3.63, 3.8) is 0 Å². The average molecular weight is 376 g/mol. The van der Waals surface area contributed by atoms with Crippen LogP contribution in [0.1, 0.15) is 52.9 Å². The molecule has 2 unspecified atom stereocenters. The second kappa shape index (κ2) is 6.10. The van der Waals surface area contributed by atoms with Crippen molar-refractivity contribution in [2.45, 2.75) is 81.9 Å². The number of carbonyl (C=O) groups excluding carboxylic acids is 2. The topological polar surface area (TPSA) is 84.0 Å². The number of amides is 2. The van der Waals surface area contributed by atoms with Crippen LogP contribution >= 0.6 is 0 Å². The molecule has 0 radical (unpaired) electrons. The molecule has 0 spiro atoms. The van der Waals surface area contributed by atoms with Crippen LogP contribution in [0.4, 0.5) is 8.68 Å². The molecule has 3 aliphatic heterocycles. The first-order valence-corrected chi connectivity index (χ1v) is 10.1. The van der Waals surface area contributed by atoms with Gasteiger partial charge in [-0.25, -0.2) is 4.79 Å². The van der Waals surface area contributed by atoms with E-state index in [1.807, 2.05) is 20.8 Å². The highest BCUT2D eigenvalue weighted by Crippen LogP contribution is 2.40. The van der Waals surface area contributed by atoms with Gasteiger partial charge in [-0.1, -0.05) is 0 Å². The van der Waals surface area contributed by atoms with Crippen molar-refractivity contribution in [2.75, 3.05) is 6.54 Å². The molecule has 2 bridgehead atoms. The number of ether oxygens (including phenoxy) is 1. The van der Waals surface area contributed by atoms with E-state index in [1.165, 1.54) is 4.90 Å². The van der Waals surface area contributed by atoms with Gasteiger partial charge < -0.3 is 14.5 Å². The predicted molar refractivity (Wildman–Crippen MR) is 88.1 cm³/mol. The van der Waals surface area contributed by atoms with Crippen LogP contribution < -0.4 is 0 Å². The minimum Gasteiger partial charge on any atom is -0.444 e. The van der Waals surface area contributed by atoms with E-state index in [2.05, 4.69) is 0 Å². The van der Waals surface area contributed by atoms with Crippen LogP contribution in [-0.4, -0.2) is 65.7 Å². The average Bonchev–Trinajstić information content (AvgIpc) is 2.95. The van der Waals surface area contributed by atoms with E-state index in [0.29, 0.717) is 12.8 Å². The first-order chi connectivity index (χ1) is 11.5. The molecule has 4 atom stereocenters. The summed E-state index contributed by atoms with van der Waals surface area (Å²) < 4.78 is 40.9. The summed E-state index contributed by atoms with van der Waals surface area (Å²) in [6.45, 7) is 5.37. The molecule has 2 amide bonds. The van der Waals surface area contributed by atoms with Crippen LogP contribution in [0.5, 0.6) is 0 Å². The fraction of sp³-hybridized carbons (Fsp3) is 0.875. The molecular weight excluding hydrogens is 351 g/mol. The highest BCUT2D eigenvalue weighted by atomic mass is 32.3. The van der Waals surface area contributed by atoms with Gasteiger partial charge in [0, 0.05) is 31.1 Å². The number of carbonyl (C=O) groups is 2. The number of halogens is 1. The first kappa shape index (κ1) is 18.4. The lowest BCUT2D eigenvalue weighted by molar-refractivity contribution is -0.130. The summed E-state index contributed by atoms with van der Waals surface area (Å²) >= 11 is 0. The van der Waals surface area contributed by atoms with Crippen LogP contribution in [0.25, 0.3) is 0 Å². The molecule has 3 heterocycles. The van der Waals surface area contributed by atoms with Crippen molar-refractivity contribution in [1.82, 2.24) is 9.80 Å². The standard InChI is InChI=1S/C16H25FN2O5S/c1-16(2,3)24-15(21)19-10-4-5-11(19)7-12(6-10)18-9-13(8-14(18)20)25(17,22)23/h10-13H,4-9H2,1-3H3/t10-,11+,12?,13?. The predicted octanol–water partition coefficient (Wildman–Crippen LogP) is 1.82. The second-order valence-electron chi connectivity index (χ2n) is 8.25. The van der Waals surface area contributed by atoms with E-state index in [-0.39, 0.29) is 43.1 Å². The van der Waals surface area contributed by atoms with Crippen LogP contribution in [0, 0.1) is 0 Å². The number of likely N-dealkylation sites (tertiary alicyclic amines) is 1. The third-order valence-corrected chi connectivity index (χ3v) is 6.39. The van der Waals surface area contributed by atoms with Crippen molar-refractivity contribution >= 4 is 22.2 Å². The van der Waals surface area contributed by atoms with Gasteiger partial charge >= 0.3 is 16.3 Å². The monoisotopic (exact) mass is 376 g/mol. The molecule has 7 nitrogen and oxygen atoms in total. The Morgan fingerprint density at radius 2 is 1.72 bits per heavy atom. The number of fused-ring (bicyclic) bond motifs is 2. The van der Waals surface area contributed by atoms with Gasteiger partial charge in [-0.2, -0.15) is 8.42 Å². The Hall–Kier alpha value is -1.38. The Kier molecular flexibility index (Phi) is 4.50. The smallest absolute Gasteiger partial charge is 0.410 e. The molecule has 3 fully saturated rings. The van der Waals surface area contributed by atoms with Gasteiger partial charge in [0.1, 0.15) is 10.9 Å². The van der Waals surface area contributed by atoms with Crippen molar-refractivity contribution in [3.8, 4) is 0 Å². The summed E-state index contributed by atoms with van der Waals surface area (Å²) in [5.74, 6) is -0.318. The third kappa shape index (κ3) is 3.75. The number of hydrogen-bond acceptors (Lipinski definition) is 5. The molecule has 9 heteroatoms. The van der Waals surface area contributed by atoms with Crippen molar-refractivity contribution in [2.24, 2.45) is 0 Å². The summed E-state index contributed by atoms with van der Waals surface area (Å²) in [5.41, 5.74) is -0.568. The SMILES string of the molecule is CC(C)(C)OC(=O)N1[C@@H]2CC[C@H]1CC(N1CC(S(=O)(=O)F)CC1=O)C2. The van der Waals surface area contributed by atoms with E-state index in [9.17, 15) is 21.9 Å². The lowest BCUT2D eigenvalue weighted by Crippen LogP contribution is -2.54. The number of piperidine rings is 1. The van der Waals surface area contributed by atoms with Gasteiger partial charge in [0.2, 0.25) is 5.91 Å². The zero-order valence-electron chi connectivity index (χ0n) is 14.8. The quantitative estimate of drug-likeness (QED) is 0.687. The molecule has 142 valence electrons. The van der Waals surface area contributed by atoms with Gasteiger partial charge in [0.05, 0.1) is 0 Å². The van der Waals surface area contributed by atoms with E-state index >= 15 is 0 Å². The number of hydrogen-bond donors (Lipinski definition) is 0. The Balaban J connectivity index is 1.68. The highest BCUT2D eigenvalue weighted by molar-refractivity contribution is 7.87. The maximum Gasteiger partial charge on any atom is 0.410 e. The maximum atomic E-state index is 13.2.